The summed E-state index contributed by atoms with van der Waals surface area (Å²) in [4.78, 5) is 12.0. The van der Waals surface area contributed by atoms with E-state index in [1.807, 2.05) is 5.38 Å². The first kappa shape index (κ1) is 16.8. The average Bonchev–Trinajstić information content (AvgIpc) is 3.00. The van der Waals surface area contributed by atoms with Crippen LogP contribution in [0.3, 0.4) is 0 Å². The molecule has 0 aliphatic rings. The van der Waals surface area contributed by atoms with Gasteiger partial charge in [0.2, 0.25) is 0 Å². The van der Waals surface area contributed by atoms with Gasteiger partial charge in [0, 0.05) is 18.1 Å². The number of para-hydroxylation sites is 1. The van der Waals surface area contributed by atoms with Crippen LogP contribution in [0.4, 0.5) is 8.78 Å². The van der Waals surface area contributed by atoms with Crippen molar-refractivity contribution in [2.24, 2.45) is 0 Å². The molecule has 0 radical (unpaired) electrons. The predicted octanol–water partition coefficient (Wildman–Crippen LogP) is 4.01. The Hall–Kier alpha value is -1.60. The fourth-order valence-corrected chi connectivity index (χ4v) is 3.33. The second kappa shape index (κ2) is 8.75. The van der Waals surface area contributed by atoms with Gasteiger partial charge >= 0.3 is 6.61 Å². The van der Waals surface area contributed by atoms with Crippen molar-refractivity contribution in [3.8, 4) is 5.75 Å². The van der Waals surface area contributed by atoms with E-state index in [9.17, 15) is 13.6 Å². The number of benzene rings is 1. The molecule has 3 nitrogen and oxygen atoms in total. The predicted molar refractivity (Wildman–Crippen MR) is 85.9 cm³/mol. The molecule has 0 bridgehead atoms. The van der Waals surface area contributed by atoms with Gasteiger partial charge in [-0.15, -0.1) is 0 Å². The summed E-state index contributed by atoms with van der Waals surface area (Å²) in [6.45, 7) is -2.48. The third-order valence-electron chi connectivity index (χ3n) is 2.73. The molecule has 0 spiro atoms. The second-order valence-electron chi connectivity index (χ2n) is 4.31. The van der Waals surface area contributed by atoms with Gasteiger partial charge in [0.1, 0.15) is 5.75 Å². The lowest BCUT2D eigenvalue weighted by atomic mass is 10.2. The zero-order valence-electron chi connectivity index (χ0n) is 11.6. The van der Waals surface area contributed by atoms with Crippen LogP contribution in [0.15, 0.2) is 41.1 Å². The minimum absolute atomic E-state index is 0.110. The third-order valence-corrected chi connectivity index (χ3v) is 4.49. The van der Waals surface area contributed by atoms with Crippen molar-refractivity contribution in [2.75, 3.05) is 12.3 Å². The summed E-state index contributed by atoms with van der Waals surface area (Å²) >= 11 is 3.36. The molecule has 0 saturated carbocycles. The fourth-order valence-electron chi connectivity index (χ4n) is 1.75. The molecule has 22 heavy (non-hydrogen) atoms. The lowest BCUT2D eigenvalue weighted by Crippen LogP contribution is -2.26. The Balaban J connectivity index is 1.77. The van der Waals surface area contributed by atoms with Crippen LogP contribution in [-0.2, 0) is 5.75 Å². The molecule has 0 atom stereocenters. The maximum absolute atomic E-state index is 12.3. The monoisotopic (exact) mass is 343 g/mol. The maximum Gasteiger partial charge on any atom is 0.387 e. The topological polar surface area (TPSA) is 38.3 Å². The number of carbonyl (C=O) groups is 1. The molecule has 118 valence electrons. The number of rotatable bonds is 8. The van der Waals surface area contributed by atoms with Crippen molar-refractivity contribution >= 4 is 29.0 Å². The standard InChI is InChI=1S/C15H15F2NO2S2/c16-15(17)20-13-4-2-1-3-12(13)14(19)18-6-8-22-10-11-5-7-21-9-11/h1-5,7,9,15H,6,8,10H2,(H,18,19). The molecule has 1 amide bonds. The van der Waals surface area contributed by atoms with Crippen LogP contribution < -0.4 is 10.1 Å². The first-order valence-corrected chi connectivity index (χ1v) is 8.67. The normalized spacial score (nSPS) is 10.7. The highest BCUT2D eigenvalue weighted by Gasteiger charge is 2.14. The molecule has 0 unspecified atom stereocenters. The molecule has 2 aromatic rings. The van der Waals surface area contributed by atoms with Crippen molar-refractivity contribution in [3.63, 3.8) is 0 Å². The van der Waals surface area contributed by atoms with E-state index >= 15 is 0 Å². The smallest absolute Gasteiger partial charge is 0.387 e. The van der Waals surface area contributed by atoms with E-state index in [-0.39, 0.29) is 11.3 Å². The molecule has 7 heteroatoms. The zero-order valence-corrected chi connectivity index (χ0v) is 13.3. The number of amides is 1. The van der Waals surface area contributed by atoms with E-state index in [0.717, 1.165) is 11.5 Å². The molecule has 0 saturated heterocycles. The van der Waals surface area contributed by atoms with Gasteiger partial charge in [-0.3, -0.25) is 4.79 Å². The first-order chi connectivity index (χ1) is 10.7. The number of ether oxygens (including phenoxy) is 1. The van der Waals surface area contributed by atoms with E-state index < -0.39 is 12.5 Å². The van der Waals surface area contributed by atoms with Crippen molar-refractivity contribution in [1.29, 1.82) is 0 Å². The van der Waals surface area contributed by atoms with Gasteiger partial charge in [-0.2, -0.15) is 31.9 Å². The molecule has 0 fully saturated rings. The third kappa shape index (κ3) is 5.31. The second-order valence-corrected chi connectivity index (χ2v) is 6.20. The summed E-state index contributed by atoms with van der Waals surface area (Å²) in [6, 6.07) is 8.04. The van der Waals surface area contributed by atoms with Crippen molar-refractivity contribution in [3.05, 3.63) is 52.2 Å². The van der Waals surface area contributed by atoms with E-state index in [4.69, 9.17) is 0 Å². The van der Waals surface area contributed by atoms with E-state index in [0.29, 0.717) is 6.54 Å². The number of alkyl halides is 2. The van der Waals surface area contributed by atoms with E-state index in [2.05, 4.69) is 21.5 Å². The van der Waals surface area contributed by atoms with Crippen molar-refractivity contribution in [1.82, 2.24) is 5.32 Å². The Bertz CT molecular complexity index is 591. The number of hydrogen-bond acceptors (Lipinski definition) is 4. The summed E-state index contributed by atoms with van der Waals surface area (Å²) in [6.07, 6.45) is 0. The van der Waals surface area contributed by atoms with Gasteiger partial charge in [0.15, 0.2) is 0 Å². The summed E-state index contributed by atoms with van der Waals surface area (Å²) in [7, 11) is 0. The van der Waals surface area contributed by atoms with Crippen molar-refractivity contribution in [2.45, 2.75) is 12.4 Å². The number of hydrogen-bond donors (Lipinski definition) is 1. The van der Waals surface area contributed by atoms with E-state index in [1.165, 1.54) is 17.7 Å². The van der Waals surface area contributed by atoms with Crippen LogP contribution >= 0.6 is 23.1 Å². The van der Waals surface area contributed by atoms with Crippen LogP contribution in [-0.4, -0.2) is 24.8 Å². The van der Waals surface area contributed by atoms with Crippen molar-refractivity contribution < 1.29 is 18.3 Å². The van der Waals surface area contributed by atoms with Gasteiger partial charge in [0.25, 0.3) is 5.91 Å². The highest BCUT2D eigenvalue weighted by molar-refractivity contribution is 7.98. The molecular formula is C15H15F2NO2S2. The quantitative estimate of drug-likeness (QED) is 0.736. The van der Waals surface area contributed by atoms with Gasteiger partial charge < -0.3 is 10.1 Å². The summed E-state index contributed by atoms with van der Waals surface area (Å²) < 4.78 is 28.9. The highest BCUT2D eigenvalue weighted by Crippen LogP contribution is 2.20. The summed E-state index contributed by atoms with van der Waals surface area (Å²) in [5.74, 6) is 1.12. The Labute approximate surface area is 135 Å². The first-order valence-electron chi connectivity index (χ1n) is 6.57. The van der Waals surface area contributed by atoms with E-state index in [1.54, 1.807) is 35.2 Å². The molecule has 1 aromatic heterocycles. The lowest BCUT2D eigenvalue weighted by Gasteiger charge is -2.10. The number of nitrogens with one attached hydrogen (secondary N) is 1. The SMILES string of the molecule is O=C(NCCSCc1ccsc1)c1ccccc1OC(F)F. The van der Waals surface area contributed by atoms with Gasteiger partial charge in [-0.25, -0.2) is 0 Å². The molecule has 1 heterocycles. The fraction of sp³-hybridized carbons (Fsp3) is 0.267. The maximum atomic E-state index is 12.3. The van der Waals surface area contributed by atoms with Gasteiger partial charge in [0.05, 0.1) is 5.56 Å². The average molecular weight is 343 g/mol. The Morgan fingerprint density at radius 1 is 1.32 bits per heavy atom. The Kier molecular flexibility index (Phi) is 6.67. The molecular weight excluding hydrogens is 328 g/mol. The minimum atomic E-state index is -2.95. The van der Waals surface area contributed by atoms with Gasteiger partial charge in [-0.05, 0) is 34.5 Å². The number of halogens is 2. The van der Waals surface area contributed by atoms with Crippen LogP contribution in [0.1, 0.15) is 15.9 Å². The molecule has 1 N–H and O–H groups in total. The van der Waals surface area contributed by atoms with Crippen LogP contribution in [0.25, 0.3) is 0 Å². The number of thioether (sulfide) groups is 1. The summed E-state index contributed by atoms with van der Waals surface area (Å²) in [5.41, 5.74) is 1.38. The van der Waals surface area contributed by atoms with Crippen LogP contribution in [0.2, 0.25) is 0 Å². The number of carbonyl (C=O) groups excluding carboxylic acids is 1. The lowest BCUT2D eigenvalue weighted by molar-refractivity contribution is -0.0501. The largest absolute Gasteiger partial charge is 0.434 e. The van der Waals surface area contributed by atoms with Crippen LogP contribution in [0, 0.1) is 0 Å². The Morgan fingerprint density at radius 2 is 2.14 bits per heavy atom. The Morgan fingerprint density at radius 3 is 2.86 bits per heavy atom. The van der Waals surface area contributed by atoms with Crippen LogP contribution in [0.5, 0.6) is 5.75 Å². The minimum Gasteiger partial charge on any atom is -0.434 e. The summed E-state index contributed by atoms with van der Waals surface area (Å²) in [5, 5.41) is 6.82. The molecule has 2 rings (SSSR count). The molecule has 0 aliphatic carbocycles. The zero-order chi connectivity index (χ0) is 15.8. The highest BCUT2D eigenvalue weighted by atomic mass is 32.2. The molecule has 1 aromatic carbocycles. The molecule has 0 aliphatic heterocycles. The number of thiophene rings is 1. The van der Waals surface area contributed by atoms with Gasteiger partial charge in [-0.1, -0.05) is 12.1 Å².